The summed E-state index contributed by atoms with van der Waals surface area (Å²) < 4.78 is 4.62. The molecule has 0 atom stereocenters. The molecular weight excluding hydrogens is 204 g/mol. The highest BCUT2D eigenvalue weighted by Crippen LogP contribution is 2.35. The van der Waals surface area contributed by atoms with Gasteiger partial charge in [-0.05, 0) is 17.1 Å². The fraction of sp³-hybridized carbons (Fsp3) is 0. The van der Waals surface area contributed by atoms with Gasteiger partial charge in [-0.25, -0.2) is 0 Å². The van der Waals surface area contributed by atoms with E-state index in [1.165, 1.54) is 11.5 Å². The van der Waals surface area contributed by atoms with E-state index in [9.17, 15) is 0 Å². The molecule has 2 aromatic rings. The molecule has 2 nitrogen and oxygen atoms in total. The number of halogens is 1. The first-order chi connectivity index (χ1) is 6.29. The fourth-order valence-electron chi connectivity index (χ4n) is 1.15. The monoisotopic (exact) mass is 210 g/mol. The van der Waals surface area contributed by atoms with Crippen molar-refractivity contribution in [2.45, 2.75) is 0 Å². The van der Waals surface area contributed by atoms with E-state index in [1.54, 1.807) is 0 Å². The van der Waals surface area contributed by atoms with E-state index in [0.717, 1.165) is 11.1 Å². The van der Waals surface area contributed by atoms with Crippen LogP contribution in [-0.2, 0) is 0 Å². The van der Waals surface area contributed by atoms with Crippen molar-refractivity contribution >= 4 is 29.0 Å². The van der Waals surface area contributed by atoms with Crippen molar-refractivity contribution in [3.05, 3.63) is 34.7 Å². The van der Waals surface area contributed by atoms with Crippen LogP contribution in [0.3, 0.4) is 0 Å². The molecule has 0 aliphatic heterocycles. The minimum Gasteiger partial charge on any atom is -0.382 e. The molecule has 0 saturated carbocycles. The van der Waals surface area contributed by atoms with E-state index in [-0.39, 0.29) is 0 Å². The highest BCUT2D eigenvalue weighted by Gasteiger charge is 2.10. The third-order valence-electron chi connectivity index (χ3n) is 1.74. The molecule has 4 heteroatoms. The van der Waals surface area contributed by atoms with Gasteiger partial charge in [0.1, 0.15) is 10.2 Å². The Bertz CT molecular complexity index is 391. The van der Waals surface area contributed by atoms with Gasteiger partial charge < -0.3 is 5.73 Å². The van der Waals surface area contributed by atoms with Crippen LogP contribution in [0.1, 0.15) is 0 Å². The average molecular weight is 211 g/mol. The predicted octanol–water partition coefficient (Wildman–Crippen LogP) is 3.05. The van der Waals surface area contributed by atoms with Gasteiger partial charge in [-0.15, -0.1) is 0 Å². The lowest BCUT2D eigenvalue weighted by molar-refractivity contribution is 1.55. The summed E-state index contributed by atoms with van der Waals surface area (Å²) in [7, 11) is 0. The molecule has 13 heavy (non-hydrogen) atoms. The normalized spacial score (nSPS) is 10.2. The fourth-order valence-corrected chi connectivity index (χ4v) is 2.04. The molecule has 0 aliphatic carbocycles. The van der Waals surface area contributed by atoms with E-state index >= 15 is 0 Å². The Labute approximate surface area is 85.1 Å². The summed E-state index contributed by atoms with van der Waals surface area (Å²) >= 11 is 7.17. The minimum atomic E-state index is 0.501. The molecule has 1 heterocycles. The van der Waals surface area contributed by atoms with Gasteiger partial charge in [0.05, 0.1) is 5.56 Å². The molecular formula is C9H7ClN2S. The van der Waals surface area contributed by atoms with Gasteiger partial charge in [0.2, 0.25) is 0 Å². The third kappa shape index (κ3) is 1.53. The van der Waals surface area contributed by atoms with Gasteiger partial charge >= 0.3 is 0 Å². The molecule has 0 unspecified atom stereocenters. The minimum absolute atomic E-state index is 0.501. The third-order valence-corrected chi connectivity index (χ3v) is 2.79. The molecule has 2 N–H and O–H groups in total. The summed E-state index contributed by atoms with van der Waals surface area (Å²) in [5.74, 6) is 0.501. The van der Waals surface area contributed by atoms with Crippen molar-refractivity contribution in [1.29, 1.82) is 0 Å². The van der Waals surface area contributed by atoms with Crippen LogP contribution in [0, 0.1) is 0 Å². The number of benzene rings is 1. The second kappa shape index (κ2) is 3.36. The first-order valence-corrected chi connectivity index (χ1v) is 4.90. The maximum absolute atomic E-state index is 5.96. The van der Waals surface area contributed by atoms with Gasteiger partial charge in [0.25, 0.3) is 0 Å². The number of nitrogens with two attached hydrogens (primary N) is 1. The number of rotatable bonds is 1. The number of aromatic nitrogens is 1. The summed E-state index contributed by atoms with van der Waals surface area (Å²) in [6, 6.07) is 9.77. The summed E-state index contributed by atoms with van der Waals surface area (Å²) in [6.07, 6.45) is 0. The second-order valence-corrected chi connectivity index (χ2v) is 3.96. The first-order valence-electron chi connectivity index (χ1n) is 3.75. The number of hydrogen-bond donors (Lipinski definition) is 1. The first kappa shape index (κ1) is 8.53. The average Bonchev–Trinajstić information content (AvgIpc) is 2.48. The molecule has 0 saturated heterocycles. The lowest BCUT2D eigenvalue weighted by Crippen LogP contribution is -1.86. The molecule has 2 rings (SSSR count). The molecule has 1 aromatic carbocycles. The largest absolute Gasteiger partial charge is 0.382 e. The second-order valence-electron chi connectivity index (χ2n) is 2.58. The summed E-state index contributed by atoms with van der Waals surface area (Å²) in [5.41, 5.74) is 7.54. The summed E-state index contributed by atoms with van der Waals surface area (Å²) in [5, 5.41) is 0. The zero-order chi connectivity index (χ0) is 9.26. The molecule has 0 fully saturated rings. The molecule has 0 spiro atoms. The van der Waals surface area contributed by atoms with E-state index in [2.05, 4.69) is 4.37 Å². The van der Waals surface area contributed by atoms with Crippen molar-refractivity contribution in [2.75, 3.05) is 5.73 Å². The molecule has 66 valence electrons. The predicted molar refractivity (Wildman–Crippen MR) is 57.0 cm³/mol. The van der Waals surface area contributed by atoms with Crippen LogP contribution in [0.4, 0.5) is 5.82 Å². The number of nitrogens with zero attached hydrogens (tertiary/aromatic N) is 1. The zero-order valence-corrected chi connectivity index (χ0v) is 8.27. The Morgan fingerprint density at radius 3 is 2.46 bits per heavy atom. The van der Waals surface area contributed by atoms with E-state index < -0.39 is 0 Å². The van der Waals surface area contributed by atoms with Crippen LogP contribution in [0.2, 0.25) is 4.34 Å². The van der Waals surface area contributed by atoms with Crippen molar-refractivity contribution in [1.82, 2.24) is 4.37 Å². The van der Waals surface area contributed by atoms with Gasteiger partial charge in [-0.1, -0.05) is 41.9 Å². The van der Waals surface area contributed by atoms with Crippen LogP contribution in [0.15, 0.2) is 30.3 Å². The Hall–Kier alpha value is -1.06. The SMILES string of the molecule is Nc1nsc(Cl)c1-c1ccccc1. The molecule has 0 radical (unpaired) electrons. The quantitative estimate of drug-likeness (QED) is 0.786. The smallest absolute Gasteiger partial charge is 0.146 e. The Morgan fingerprint density at radius 1 is 1.23 bits per heavy atom. The lowest BCUT2D eigenvalue weighted by Gasteiger charge is -1.98. The number of anilines is 1. The van der Waals surface area contributed by atoms with Crippen LogP contribution >= 0.6 is 23.1 Å². The van der Waals surface area contributed by atoms with Crippen LogP contribution in [0.25, 0.3) is 11.1 Å². The van der Waals surface area contributed by atoms with Crippen molar-refractivity contribution in [3.63, 3.8) is 0 Å². The zero-order valence-electron chi connectivity index (χ0n) is 6.70. The standard InChI is InChI=1S/C9H7ClN2S/c10-8-7(9(11)12-13-8)6-4-2-1-3-5-6/h1-5H,(H2,11,12). The van der Waals surface area contributed by atoms with E-state index in [4.69, 9.17) is 17.3 Å². The Morgan fingerprint density at radius 2 is 1.92 bits per heavy atom. The van der Waals surface area contributed by atoms with Crippen LogP contribution in [-0.4, -0.2) is 4.37 Å². The van der Waals surface area contributed by atoms with Gasteiger partial charge in [-0.3, -0.25) is 0 Å². The van der Waals surface area contributed by atoms with Crippen LogP contribution < -0.4 is 5.73 Å². The Kier molecular flexibility index (Phi) is 2.20. The Balaban J connectivity index is 2.59. The van der Waals surface area contributed by atoms with Crippen LogP contribution in [0.5, 0.6) is 0 Å². The topological polar surface area (TPSA) is 38.9 Å². The highest BCUT2D eigenvalue weighted by atomic mass is 35.5. The molecule has 0 amide bonds. The van der Waals surface area contributed by atoms with Crippen molar-refractivity contribution in [3.8, 4) is 11.1 Å². The molecule has 0 aliphatic rings. The maximum Gasteiger partial charge on any atom is 0.146 e. The number of hydrogen-bond acceptors (Lipinski definition) is 3. The maximum atomic E-state index is 5.96. The summed E-state index contributed by atoms with van der Waals surface area (Å²) in [4.78, 5) is 0. The van der Waals surface area contributed by atoms with E-state index in [1.807, 2.05) is 30.3 Å². The van der Waals surface area contributed by atoms with Crippen molar-refractivity contribution in [2.24, 2.45) is 0 Å². The lowest BCUT2D eigenvalue weighted by atomic mass is 10.1. The summed E-state index contributed by atoms with van der Waals surface area (Å²) in [6.45, 7) is 0. The van der Waals surface area contributed by atoms with E-state index in [0.29, 0.717) is 10.2 Å². The van der Waals surface area contributed by atoms with Crippen molar-refractivity contribution < 1.29 is 0 Å². The number of nitrogen functional groups attached to an aromatic ring is 1. The molecule has 1 aromatic heterocycles. The van der Waals surface area contributed by atoms with Gasteiger partial charge in [0.15, 0.2) is 0 Å². The van der Waals surface area contributed by atoms with Gasteiger partial charge in [-0.2, -0.15) is 4.37 Å². The highest BCUT2D eigenvalue weighted by molar-refractivity contribution is 7.11. The van der Waals surface area contributed by atoms with Gasteiger partial charge in [0, 0.05) is 0 Å². The molecule has 0 bridgehead atoms.